The first kappa shape index (κ1) is 13.4. The number of nitrogens with one attached hydrogen (secondary N) is 1. The standard InChI is InChI=1S/C14H22ClNS/c1-2-16-13(14-12(15)9-10-17-14)11-7-5-3-4-6-8-11/h9-11,13,16H,2-8H2,1H3. The van der Waals surface area contributed by atoms with Gasteiger partial charge in [0.2, 0.25) is 0 Å². The molecule has 1 aromatic rings. The summed E-state index contributed by atoms with van der Waals surface area (Å²) in [5.74, 6) is 0.772. The zero-order valence-electron chi connectivity index (χ0n) is 10.5. The second-order valence-electron chi connectivity index (χ2n) is 4.92. The molecule has 1 unspecified atom stereocenters. The Labute approximate surface area is 114 Å². The molecule has 0 bridgehead atoms. The predicted octanol–water partition coefficient (Wildman–Crippen LogP) is 5.02. The van der Waals surface area contributed by atoms with Gasteiger partial charge in [-0.1, -0.05) is 44.2 Å². The molecule has 1 aliphatic rings. The first-order valence-corrected chi connectivity index (χ1v) is 8.05. The summed E-state index contributed by atoms with van der Waals surface area (Å²) in [6, 6.07) is 2.51. The predicted molar refractivity (Wildman–Crippen MR) is 76.9 cm³/mol. The maximum Gasteiger partial charge on any atom is 0.0561 e. The van der Waals surface area contributed by atoms with Crippen molar-refractivity contribution in [2.45, 2.75) is 51.5 Å². The average molecular weight is 272 g/mol. The summed E-state index contributed by atoms with van der Waals surface area (Å²) in [6.07, 6.45) is 8.30. The van der Waals surface area contributed by atoms with E-state index >= 15 is 0 Å². The molecule has 0 aromatic carbocycles. The molecular formula is C14H22ClNS. The van der Waals surface area contributed by atoms with Gasteiger partial charge in [0.05, 0.1) is 5.02 Å². The van der Waals surface area contributed by atoms with Crippen LogP contribution in [-0.4, -0.2) is 6.54 Å². The number of hydrogen-bond donors (Lipinski definition) is 1. The zero-order valence-corrected chi connectivity index (χ0v) is 12.1. The van der Waals surface area contributed by atoms with Crippen molar-refractivity contribution >= 4 is 22.9 Å². The van der Waals surface area contributed by atoms with E-state index < -0.39 is 0 Å². The minimum atomic E-state index is 0.477. The van der Waals surface area contributed by atoms with Crippen molar-refractivity contribution in [3.63, 3.8) is 0 Å². The molecule has 2 rings (SSSR count). The van der Waals surface area contributed by atoms with Gasteiger partial charge in [0.1, 0.15) is 0 Å². The van der Waals surface area contributed by atoms with Gasteiger partial charge in [-0.25, -0.2) is 0 Å². The normalized spacial score (nSPS) is 20.1. The summed E-state index contributed by atoms with van der Waals surface area (Å²) in [6.45, 7) is 3.21. The lowest BCUT2D eigenvalue weighted by molar-refractivity contribution is 0.334. The van der Waals surface area contributed by atoms with Gasteiger partial charge in [0.25, 0.3) is 0 Å². The van der Waals surface area contributed by atoms with Crippen LogP contribution in [0.25, 0.3) is 0 Å². The van der Waals surface area contributed by atoms with E-state index in [1.807, 2.05) is 6.07 Å². The fraction of sp³-hybridized carbons (Fsp3) is 0.714. The summed E-state index contributed by atoms with van der Waals surface area (Å²) in [4.78, 5) is 1.35. The molecule has 0 radical (unpaired) electrons. The molecule has 1 N–H and O–H groups in total. The van der Waals surface area contributed by atoms with E-state index in [1.165, 1.54) is 43.4 Å². The first-order chi connectivity index (χ1) is 8.33. The molecule has 1 atom stereocenters. The molecule has 1 heterocycles. The van der Waals surface area contributed by atoms with Crippen LogP contribution in [0.2, 0.25) is 5.02 Å². The zero-order chi connectivity index (χ0) is 12.1. The topological polar surface area (TPSA) is 12.0 Å². The Morgan fingerprint density at radius 1 is 1.35 bits per heavy atom. The van der Waals surface area contributed by atoms with Crippen molar-refractivity contribution in [3.05, 3.63) is 21.3 Å². The van der Waals surface area contributed by atoms with Crippen LogP contribution in [0, 0.1) is 5.92 Å². The maximum absolute atomic E-state index is 6.30. The van der Waals surface area contributed by atoms with Crippen molar-refractivity contribution in [3.8, 4) is 0 Å². The largest absolute Gasteiger partial charge is 0.309 e. The fourth-order valence-corrected chi connectivity index (χ4v) is 4.21. The summed E-state index contributed by atoms with van der Waals surface area (Å²) in [5.41, 5.74) is 0. The van der Waals surface area contributed by atoms with E-state index in [0.717, 1.165) is 17.5 Å². The van der Waals surface area contributed by atoms with Gasteiger partial charge >= 0.3 is 0 Å². The molecule has 0 aliphatic heterocycles. The van der Waals surface area contributed by atoms with Crippen LogP contribution in [0.4, 0.5) is 0 Å². The van der Waals surface area contributed by atoms with Crippen LogP contribution in [0.3, 0.4) is 0 Å². The molecule has 1 nitrogen and oxygen atoms in total. The second-order valence-corrected chi connectivity index (χ2v) is 6.27. The second kappa shape index (κ2) is 6.77. The highest BCUT2D eigenvalue weighted by atomic mass is 35.5. The van der Waals surface area contributed by atoms with Gasteiger partial charge in [-0.15, -0.1) is 11.3 Å². The highest BCUT2D eigenvalue weighted by molar-refractivity contribution is 7.10. The van der Waals surface area contributed by atoms with Crippen LogP contribution in [0.1, 0.15) is 56.4 Å². The summed E-state index contributed by atoms with van der Waals surface area (Å²) in [7, 11) is 0. The molecular weight excluding hydrogens is 250 g/mol. The van der Waals surface area contributed by atoms with Crippen LogP contribution in [0.15, 0.2) is 11.4 Å². The number of thiophene rings is 1. The smallest absolute Gasteiger partial charge is 0.0561 e. The summed E-state index contributed by atoms with van der Waals surface area (Å²) in [5, 5.41) is 6.71. The Bertz CT molecular complexity index is 329. The summed E-state index contributed by atoms with van der Waals surface area (Å²) >= 11 is 8.10. The minimum Gasteiger partial charge on any atom is -0.309 e. The van der Waals surface area contributed by atoms with Crippen molar-refractivity contribution in [2.24, 2.45) is 5.92 Å². The van der Waals surface area contributed by atoms with Gasteiger partial charge in [0.15, 0.2) is 0 Å². The third-order valence-corrected chi connectivity index (χ3v) is 5.16. The Balaban J connectivity index is 2.13. The quantitative estimate of drug-likeness (QED) is 0.758. The molecule has 1 fully saturated rings. The maximum atomic E-state index is 6.30. The first-order valence-electron chi connectivity index (χ1n) is 6.79. The lowest BCUT2D eigenvalue weighted by Crippen LogP contribution is -2.27. The molecule has 1 aromatic heterocycles. The number of rotatable bonds is 4. The highest BCUT2D eigenvalue weighted by Gasteiger charge is 2.25. The van der Waals surface area contributed by atoms with Crippen LogP contribution in [-0.2, 0) is 0 Å². The van der Waals surface area contributed by atoms with E-state index in [0.29, 0.717) is 6.04 Å². The third-order valence-electron chi connectivity index (χ3n) is 3.72. The molecule has 3 heteroatoms. The molecule has 17 heavy (non-hydrogen) atoms. The van der Waals surface area contributed by atoms with Crippen LogP contribution < -0.4 is 5.32 Å². The molecule has 0 saturated heterocycles. The van der Waals surface area contributed by atoms with Crippen molar-refractivity contribution in [1.82, 2.24) is 5.32 Å². The number of halogens is 1. The Morgan fingerprint density at radius 3 is 2.59 bits per heavy atom. The molecule has 96 valence electrons. The van der Waals surface area contributed by atoms with E-state index in [-0.39, 0.29) is 0 Å². The van der Waals surface area contributed by atoms with E-state index in [9.17, 15) is 0 Å². The third kappa shape index (κ3) is 3.46. The Hall–Kier alpha value is -0.0500. The van der Waals surface area contributed by atoms with Gasteiger partial charge < -0.3 is 5.32 Å². The molecule has 0 amide bonds. The molecule has 0 spiro atoms. The Kier molecular flexibility index (Phi) is 5.33. The molecule has 1 saturated carbocycles. The Morgan fingerprint density at radius 2 is 2.06 bits per heavy atom. The van der Waals surface area contributed by atoms with E-state index in [2.05, 4.69) is 17.6 Å². The number of hydrogen-bond acceptors (Lipinski definition) is 2. The van der Waals surface area contributed by atoms with Crippen LogP contribution >= 0.6 is 22.9 Å². The van der Waals surface area contributed by atoms with Gasteiger partial charge in [-0.2, -0.15) is 0 Å². The van der Waals surface area contributed by atoms with Gasteiger partial charge in [-0.05, 0) is 36.8 Å². The molecule has 1 aliphatic carbocycles. The lowest BCUT2D eigenvalue weighted by Gasteiger charge is -2.26. The van der Waals surface area contributed by atoms with Crippen molar-refractivity contribution < 1.29 is 0 Å². The van der Waals surface area contributed by atoms with E-state index in [1.54, 1.807) is 11.3 Å². The van der Waals surface area contributed by atoms with Gasteiger partial charge in [-0.3, -0.25) is 0 Å². The fourth-order valence-electron chi connectivity index (χ4n) is 2.86. The van der Waals surface area contributed by atoms with Gasteiger partial charge in [0, 0.05) is 10.9 Å². The SMILES string of the molecule is CCNC(c1sccc1Cl)C1CCCCCC1. The van der Waals surface area contributed by atoms with Crippen LogP contribution in [0.5, 0.6) is 0 Å². The van der Waals surface area contributed by atoms with Crippen molar-refractivity contribution in [2.75, 3.05) is 6.54 Å². The highest BCUT2D eigenvalue weighted by Crippen LogP contribution is 2.38. The minimum absolute atomic E-state index is 0.477. The lowest BCUT2D eigenvalue weighted by atomic mass is 9.91. The monoisotopic (exact) mass is 271 g/mol. The summed E-state index contributed by atoms with van der Waals surface area (Å²) < 4.78 is 0. The average Bonchev–Trinajstić information content (AvgIpc) is 2.60. The van der Waals surface area contributed by atoms with Crippen molar-refractivity contribution in [1.29, 1.82) is 0 Å². The van der Waals surface area contributed by atoms with E-state index in [4.69, 9.17) is 11.6 Å².